The smallest absolute Gasteiger partial charge is 0.195 e. The van der Waals surface area contributed by atoms with Gasteiger partial charge in [-0.25, -0.2) is 0 Å². The average molecular weight is 336 g/mol. The van der Waals surface area contributed by atoms with Crippen molar-refractivity contribution in [3.8, 4) is 0 Å². The number of thiophene rings is 1. The lowest BCUT2D eigenvalue weighted by atomic mass is 10.1. The zero-order valence-electron chi connectivity index (χ0n) is 7.84. The van der Waals surface area contributed by atoms with Crippen molar-refractivity contribution in [2.45, 2.75) is 0 Å². The van der Waals surface area contributed by atoms with Gasteiger partial charge in [0, 0.05) is 21.5 Å². The van der Waals surface area contributed by atoms with Crippen LogP contribution in [-0.4, -0.2) is 5.78 Å². The number of ketones is 1. The first-order valence-corrected chi connectivity index (χ1v) is 6.74. The first-order valence-electron chi connectivity index (χ1n) is 4.31. The molecule has 0 atom stereocenters. The van der Waals surface area contributed by atoms with Crippen molar-refractivity contribution >= 4 is 56.3 Å². The molecule has 0 saturated heterocycles. The van der Waals surface area contributed by atoms with E-state index in [-0.39, 0.29) is 5.78 Å². The molecule has 0 spiro atoms. The summed E-state index contributed by atoms with van der Waals surface area (Å²) in [4.78, 5) is 12.1. The van der Waals surface area contributed by atoms with Gasteiger partial charge < -0.3 is 0 Å². The molecule has 0 bridgehead atoms. The first-order chi connectivity index (χ1) is 7.58. The maximum Gasteiger partial charge on any atom is 0.195 e. The van der Waals surface area contributed by atoms with Crippen LogP contribution < -0.4 is 0 Å². The lowest BCUT2D eigenvalue weighted by Crippen LogP contribution is -2.00. The van der Waals surface area contributed by atoms with Crippen LogP contribution in [0.3, 0.4) is 0 Å². The van der Waals surface area contributed by atoms with Crippen LogP contribution in [0.1, 0.15) is 15.9 Å². The van der Waals surface area contributed by atoms with Crippen molar-refractivity contribution in [2.24, 2.45) is 0 Å². The van der Waals surface area contributed by atoms with Crippen molar-refractivity contribution in [3.63, 3.8) is 0 Å². The summed E-state index contributed by atoms with van der Waals surface area (Å²) in [6, 6.07) is 6.64. The van der Waals surface area contributed by atoms with E-state index in [1.54, 1.807) is 29.6 Å². The summed E-state index contributed by atoms with van der Waals surface area (Å²) in [6.07, 6.45) is 0. The Balaban J connectivity index is 2.41. The number of hydrogen-bond acceptors (Lipinski definition) is 2. The third-order valence-corrected chi connectivity index (χ3v) is 4.06. The summed E-state index contributed by atoms with van der Waals surface area (Å²) in [5.41, 5.74) is 1.09. The molecule has 16 heavy (non-hydrogen) atoms. The molecule has 2 aromatic rings. The van der Waals surface area contributed by atoms with Crippen molar-refractivity contribution in [3.05, 3.63) is 54.6 Å². The van der Waals surface area contributed by atoms with E-state index in [0.29, 0.717) is 21.2 Å². The number of hydrogen-bond donors (Lipinski definition) is 0. The van der Waals surface area contributed by atoms with E-state index in [0.717, 1.165) is 3.79 Å². The Hall–Kier alpha value is -0.350. The lowest BCUT2D eigenvalue weighted by Gasteiger charge is -2.01. The molecule has 1 nitrogen and oxygen atoms in total. The van der Waals surface area contributed by atoms with Crippen LogP contribution in [0.4, 0.5) is 0 Å². The van der Waals surface area contributed by atoms with E-state index >= 15 is 0 Å². The second-order valence-corrected chi connectivity index (χ2v) is 6.23. The first kappa shape index (κ1) is 12.1. The minimum absolute atomic E-state index is 0.0939. The number of rotatable bonds is 2. The highest BCUT2D eigenvalue weighted by atomic mass is 79.9. The number of carbonyl (C=O) groups is 1. The van der Waals surface area contributed by atoms with Gasteiger partial charge >= 0.3 is 0 Å². The van der Waals surface area contributed by atoms with Gasteiger partial charge in [0.25, 0.3) is 0 Å². The Labute approximate surface area is 115 Å². The fourth-order valence-electron chi connectivity index (χ4n) is 1.26. The predicted octanol–water partition coefficient (Wildman–Crippen LogP) is 5.05. The monoisotopic (exact) mass is 334 g/mol. The Morgan fingerprint density at radius 1 is 1.25 bits per heavy atom. The summed E-state index contributed by atoms with van der Waals surface area (Å²) >= 11 is 16.5. The molecule has 0 N–H and O–H groups in total. The number of halogens is 3. The highest BCUT2D eigenvalue weighted by Crippen LogP contribution is 2.27. The van der Waals surface area contributed by atoms with Crippen LogP contribution in [0, 0.1) is 0 Å². The van der Waals surface area contributed by atoms with E-state index in [1.165, 1.54) is 11.3 Å². The quantitative estimate of drug-likeness (QED) is 0.702. The maximum atomic E-state index is 12.1. The normalized spacial score (nSPS) is 10.4. The molecule has 0 amide bonds. The third-order valence-electron chi connectivity index (χ3n) is 2.01. The molecule has 1 aromatic heterocycles. The van der Waals surface area contributed by atoms with Gasteiger partial charge in [-0.05, 0) is 40.2 Å². The molecule has 1 heterocycles. The maximum absolute atomic E-state index is 12.1. The standard InChI is InChI=1S/C11H5BrCl2OS/c12-10-3-6(5-16-10)11(15)8-2-1-7(13)4-9(8)14/h1-5H. The van der Waals surface area contributed by atoms with Crippen LogP contribution in [0.25, 0.3) is 0 Å². The number of benzene rings is 1. The van der Waals surface area contributed by atoms with Gasteiger partial charge in [0.15, 0.2) is 5.78 Å². The van der Waals surface area contributed by atoms with Crippen LogP contribution in [0.2, 0.25) is 10.0 Å². The molecule has 0 aliphatic rings. The van der Waals surface area contributed by atoms with Gasteiger partial charge in [-0.1, -0.05) is 23.2 Å². The topological polar surface area (TPSA) is 17.1 Å². The zero-order chi connectivity index (χ0) is 11.7. The van der Waals surface area contributed by atoms with Gasteiger partial charge in [0.2, 0.25) is 0 Å². The van der Waals surface area contributed by atoms with Crippen LogP contribution in [0.15, 0.2) is 33.4 Å². The van der Waals surface area contributed by atoms with Crippen molar-refractivity contribution in [1.29, 1.82) is 0 Å². The zero-order valence-corrected chi connectivity index (χ0v) is 11.8. The summed E-state index contributed by atoms with van der Waals surface area (Å²) < 4.78 is 0.918. The Morgan fingerprint density at radius 3 is 2.56 bits per heavy atom. The molecular weight excluding hydrogens is 331 g/mol. The predicted molar refractivity (Wildman–Crippen MR) is 71.9 cm³/mol. The number of carbonyl (C=O) groups excluding carboxylic acids is 1. The molecule has 5 heteroatoms. The Morgan fingerprint density at radius 2 is 2.00 bits per heavy atom. The molecule has 0 aliphatic carbocycles. The van der Waals surface area contributed by atoms with E-state index in [1.807, 2.05) is 0 Å². The summed E-state index contributed by atoms with van der Waals surface area (Å²) in [5.74, 6) is -0.0939. The van der Waals surface area contributed by atoms with Gasteiger partial charge in [-0.2, -0.15) is 0 Å². The average Bonchev–Trinajstić information content (AvgIpc) is 2.64. The molecule has 0 unspecified atom stereocenters. The van der Waals surface area contributed by atoms with E-state index in [9.17, 15) is 4.79 Å². The van der Waals surface area contributed by atoms with E-state index in [2.05, 4.69) is 15.9 Å². The summed E-state index contributed by atoms with van der Waals surface area (Å²) in [5, 5.41) is 2.69. The lowest BCUT2D eigenvalue weighted by molar-refractivity contribution is 0.103. The van der Waals surface area contributed by atoms with Gasteiger partial charge in [-0.15, -0.1) is 11.3 Å². The molecule has 0 fully saturated rings. The van der Waals surface area contributed by atoms with Crippen LogP contribution >= 0.6 is 50.5 Å². The molecule has 0 saturated carbocycles. The van der Waals surface area contributed by atoms with E-state index in [4.69, 9.17) is 23.2 Å². The van der Waals surface area contributed by atoms with Crippen LogP contribution in [0.5, 0.6) is 0 Å². The molecule has 0 aliphatic heterocycles. The molecular formula is C11H5BrCl2OS. The minimum Gasteiger partial charge on any atom is -0.289 e. The molecule has 2 rings (SSSR count). The fourth-order valence-corrected chi connectivity index (χ4v) is 2.89. The largest absolute Gasteiger partial charge is 0.289 e. The SMILES string of the molecule is O=C(c1csc(Br)c1)c1ccc(Cl)cc1Cl. The molecule has 1 aromatic carbocycles. The Kier molecular flexibility index (Phi) is 3.70. The Bertz CT molecular complexity index is 551. The minimum atomic E-state index is -0.0939. The summed E-state index contributed by atoms with van der Waals surface area (Å²) in [7, 11) is 0. The van der Waals surface area contributed by atoms with Crippen molar-refractivity contribution in [1.82, 2.24) is 0 Å². The van der Waals surface area contributed by atoms with Gasteiger partial charge in [0.1, 0.15) is 0 Å². The molecule has 82 valence electrons. The van der Waals surface area contributed by atoms with Gasteiger partial charge in [0.05, 0.1) is 8.81 Å². The highest BCUT2D eigenvalue weighted by molar-refractivity contribution is 9.11. The van der Waals surface area contributed by atoms with Crippen molar-refractivity contribution < 1.29 is 4.79 Å². The van der Waals surface area contributed by atoms with Crippen molar-refractivity contribution in [2.75, 3.05) is 0 Å². The second-order valence-electron chi connectivity index (χ2n) is 3.09. The fraction of sp³-hybridized carbons (Fsp3) is 0. The van der Waals surface area contributed by atoms with E-state index < -0.39 is 0 Å². The molecule has 0 radical (unpaired) electrons. The van der Waals surface area contributed by atoms with Crippen LogP contribution in [-0.2, 0) is 0 Å². The highest BCUT2D eigenvalue weighted by Gasteiger charge is 2.14. The van der Waals surface area contributed by atoms with Gasteiger partial charge in [-0.3, -0.25) is 4.79 Å². The third kappa shape index (κ3) is 2.48. The second kappa shape index (κ2) is 4.88. The summed E-state index contributed by atoms with van der Waals surface area (Å²) in [6.45, 7) is 0.